The van der Waals surface area contributed by atoms with Gasteiger partial charge in [-0.15, -0.1) is 8.80 Å². The van der Waals surface area contributed by atoms with Crippen molar-refractivity contribution in [2.45, 2.75) is 6.42 Å². The number of nitrogens with two attached hydrogens (primary N) is 1. The van der Waals surface area contributed by atoms with Crippen LogP contribution in [-0.2, 0) is 11.2 Å². The molecule has 3 rings (SSSR count). The molecule has 8 nitrogen and oxygen atoms in total. The molecule has 1 aliphatic rings. The summed E-state index contributed by atoms with van der Waals surface area (Å²) in [5.74, 6) is 1.16. The summed E-state index contributed by atoms with van der Waals surface area (Å²) in [6, 6.07) is 7.17. The highest BCUT2D eigenvalue weighted by Crippen LogP contribution is 2.22. The van der Waals surface area contributed by atoms with Crippen molar-refractivity contribution in [3.05, 3.63) is 40.8 Å². The molecule has 1 atom stereocenters. The molecular formula is C14H15N5O3S. The van der Waals surface area contributed by atoms with E-state index in [0.29, 0.717) is 36.5 Å². The highest BCUT2D eigenvalue weighted by Gasteiger charge is 2.14. The van der Waals surface area contributed by atoms with Gasteiger partial charge in [0.1, 0.15) is 5.75 Å². The number of ether oxygens (including phenoxy) is 1. The van der Waals surface area contributed by atoms with Crippen molar-refractivity contribution in [3.8, 4) is 5.75 Å². The number of aromatic amines is 1. The molecule has 2 heterocycles. The number of amidine groups is 2. The fourth-order valence-electron chi connectivity index (χ4n) is 2.17. The number of pyridine rings is 1. The molecular weight excluding hydrogens is 318 g/mol. The Balaban J connectivity index is 1.55. The number of H-pyrrole nitrogens is 1. The van der Waals surface area contributed by atoms with Crippen LogP contribution < -0.4 is 21.3 Å². The van der Waals surface area contributed by atoms with Crippen LogP contribution in [0.5, 0.6) is 5.75 Å². The highest BCUT2D eigenvalue weighted by atomic mass is 32.2. The predicted octanol–water partition coefficient (Wildman–Crippen LogP) is 0.235. The molecule has 1 aromatic carbocycles. The first-order chi connectivity index (χ1) is 11.1. The summed E-state index contributed by atoms with van der Waals surface area (Å²) < 4.78 is 24.1. The zero-order valence-electron chi connectivity index (χ0n) is 12.1. The van der Waals surface area contributed by atoms with Crippen molar-refractivity contribution in [2.24, 2.45) is 14.5 Å². The molecule has 1 unspecified atom stereocenters. The molecule has 0 saturated heterocycles. The van der Waals surface area contributed by atoms with Gasteiger partial charge >= 0.3 is 0 Å². The molecule has 0 spiro atoms. The van der Waals surface area contributed by atoms with Gasteiger partial charge in [0.2, 0.25) is 0 Å². The summed E-state index contributed by atoms with van der Waals surface area (Å²) in [4.78, 5) is 14.4. The van der Waals surface area contributed by atoms with Gasteiger partial charge in [-0.25, -0.2) is 4.21 Å². The van der Waals surface area contributed by atoms with E-state index in [1.54, 1.807) is 18.3 Å². The number of benzene rings is 1. The summed E-state index contributed by atoms with van der Waals surface area (Å²) in [5, 5.41) is 4.33. The number of hydrogen-bond acceptors (Lipinski definition) is 5. The first-order valence-corrected chi connectivity index (χ1v) is 8.04. The third-order valence-electron chi connectivity index (χ3n) is 3.23. The lowest BCUT2D eigenvalue weighted by atomic mass is 10.1. The van der Waals surface area contributed by atoms with E-state index in [1.807, 2.05) is 12.1 Å². The maximum absolute atomic E-state index is 11.7. The smallest absolute Gasteiger partial charge is 0.269 e. The van der Waals surface area contributed by atoms with Crippen molar-refractivity contribution in [1.29, 1.82) is 0 Å². The average Bonchev–Trinajstić information content (AvgIpc) is 2.85. The average molecular weight is 333 g/mol. The van der Waals surface area contributed by atoms with Gasteiger partial charge in [0.15, 0.2) is 11.7 Å². The topological polar surface area (TPSA) is 122 Å². The van der Waals surface area contributed by atoms with Crippen LogP contribution in [0.15, 0.2) is 44.1 Å². The summed E-state index contributed by atoms with van der Waals surface area (Å²) >= 11 is -1.61. The molecule has 1 aliphatic heterocycles. The SMILES string of the molecule is NC1=NS(=O)N=C1NCCCOc1cccc2c(=O)[nH]ccc12. The molecule has 2 aromatic rings. The van der Waals surface area contributed by atoms with Crippen LogP contribution in [0.1, 0.15) is 6.42 Å². The molecule has 0 amide bonds. The van der Waals surface area contributed by atoms with E-state index in [1.165, 1.54) is 0 Å². The van der Waals surface area contributed by atoms with E-state index >= 15 is 0 Å². The fourth-order valence-corrected chi connectivity index (χ4v) is 2.78. The predicted molar refractivity (Wildman–Crippen MR) is 89.9 cm³/mol. The van der Waals surface area contributed by atoms with Crippen molar-refractivity contribution < 1.29 is 8.95 Å². The van der Waals surface area contributed by atoms with Crippen molar-refractivity contribution >= 4 is 33.6 Å². The van der Waals surface area contributed by atoms with Gasteiger partial charge < -0.3 is 20.8 Å². The second kappa shape index (κ2) is 6.61. The van der Waals surface area contributed by atoms with Gasteiger partial charge in [-0.05, 0) is 24.6 Å². The van der Waals surface area contributed by atoms with E-state index in [9.17, 15) is 9.00 Å². The Morgan fingerprint density at radius 2 is 2.13 bits per heavy atom. The molecule has 0 aliphatic carbocycles. The van der Waals surface area contributed by atoms with Crippen LogP contribution in [0.25, 0.3) is 10.8 Å². The summed E-state index contributed by atoms with van der Waals surface area (Å²) in [5.41, 5.74) is 5.41. The molecule has 23 heavy (non-hydrogen) atoms. The van der Waals surface area contributed by atoms with Gasteiger partial charge in [0.05, 0.1) is 12.0 Å². The number of aromatic nitrogens is 1. The Bertz CT molecular complexity index is 874. The lowest BCUT2D eigenvalue weighted by Crippen LogP contribution is -2.35. The zero-order valence-corrected chi connectivity index (χ0v) is 12.9. The third kappa shape index (κ3) is 3.39. The van der Waals surface area contributed by atoms with Crippen LogP contribution >= 0.6 is 0 Å². The first kappa shape index (κ1) is 15.2. The zero-order chi connectivity index (χ0) is 16.2. The standard InChI is InChI=1S/C14H15N5O3S/c15-12-13(19-23(21)18-12)16-6-2-8-22-11-4-1-3-10-9(11)5-7-17-14(10)20/h1,3-5,7H,2,6,8H2,(H2,15,18)(H,16,19)(H,17,20). The highest BCUT2D eigenvalue weighted by molar-refractivity contribution is 7.83. The quantitative estimate of drug-likeness (QED) is 0.676. The second-order valence-electron chi connectivity index (χ2n) is 4.80. The number of rotatable bonds is 5. The second-order valence-corrected chi connectivity index (χ2v) is 5.63. The van der Waals surface area contributed by atoms with Crippen LogP contribution in [0.4, 0.5) is 0 Å². The Kier molecular flexibility index (Phi) is 4.38. The normalized spacial score (nSPS) is 17.0. The van der Waals surface area contributed by atoms with Gasteiger partial charge in [0.25, 0.3) is 16.7 Å². The van der Waals surface area contributed by atoms with Crippen LogP contribution in [0.3, 0.4) is 0 Å². The largest absolute Gasteiger partial charge is 0.493 e. The van der Waals surface area contributed by atoms with Gasteiger partial charge in [0, 0.05) is 18.1 Å². The Morgan fingerprint density at radius 3 is 2.91 bits per heavy atom. The Hall–Kier alpha value is -2.68. The molecule has 4 N–H and O–H groups in total. The van der Waals surface area contributed by atoms with Crippen LogP contribution in [-0.4, -0.2) is 34.0 Å². The maximum atomic E-state index is 11.7. The first-order valence-electron chi connectivity index (χ1n) is 6.97. The third-order valence-corrected chi connectivity index (χ3v) is 3.93. The number of fused-ring (bicyclic) bond motifs is 1. The van der Waals surface area contributed by atoms with Crippen LogP contribution in [0.2, 0.25) is 0 Å². The number of nitrogens with zero attached hydrogens (tertiary/aromatic N) is 2. The van der Waals surface area contributed by atoms with E-state index < -0.39 is 11.2 Å². The van der Waals surface area contributed by atoms with Crippen molar-refractivity contribution in [2.75, 3.05) is 13.2 Å². The molecule has 0 fully saturated rings. The molecule has 120 valence electrons. The van der Waals surface area contributed by atoms with Gasteiger partial charge in [-0.2, -0.15) is 0 Å². The summed E-state index contributed by atoms with van der Waals surface area (Å²) in [7, 11) is 0. The minimum absolute atomic E-state index is 0.142. The Morgan fingerprint density at radius 1 is 1.26 bits per heavy atom. The van der Waals surface area contributed by atoms with Crippen molar-refractivity contribution in [1.82, 2.24) is 10.3 Å². The monoisotopic (exact) mass is 333 g/mol. The van der Waals surface area contributed by atoms with E-state index in [2.05, 4.69) is 19.1 Å². The lowest BCUT2D eigenvalue weighted by Gasteiger charge is -2.09. The Labute approximate surface area is 134 Å². The summed E-state index contributed by atoms with van der Waals surface area (Å²) in [6.45, 7) is 1.00. The summed E-state index contributed by atoms with van der Waals surface area (Å²) in [6.07, 6.45) is 2.28. The minimum Gasteiger partial charge on any atom is -0.493 e. The number of nitrogens with one attached hydrogen (secondary N) is 2. The fraction of sp³-hybridized carbons (Fsp3) is 0.214. The molecule has 0 radical (unpaired) electrons. The van der Waals surface area contributed by atoms with E-state index in [4.69, 9.17) is 10.5 Å². The number of hydrogen-bond donors (Lipinski definition) is 3. The van der Waals surface area contributed by atoms with Gasteiger partial charge in [-0.3, -0.25) is 4.79 Å². The van der Waals surface area contributed by atoms with Crippen molar-refractivity contribution in [3.63, 3.8) is 0 Å². The van der Waals surface area contributed by atoms with Gasteiger partial charge in [-0.1, -0.05) is 6.07 Å². The molecule has 1 aromatic heterocycles. The molecule has 0 bridgehead atoms. The maximum Gasteiger partial charge on any atom is 0.269 e. The minimum atomic E-state index is -1.61. The lowest BCUT2D eigenvalue weighted by molar-refractivity contribution is 0.315. The van der Waals surface area contributed by atoms with E-state index in [0.717, 1.165) is 5.39 Å². The van der Waals surface area contributed by atoms with Crippen LogP contribution in [0, 0.1) is 0 Å². The molecule has 0 saturated carbocycles. The van der Waals surface area contributed by atoms with E-state index in [-0.39, 0.29) is 11.4 Å². The molecule has 9 heteroatoms.